The van der Waals surface area contributed by atoms with Crippen molar-refractivity contribution in [1.29, 1.82) is 0 Å². The monoisotopic (exact) mass is 244 g/mol. The second-order valence-corrected chi connectivity index (χ2v) is 5.13. The molecule has 1 heteroatoms. The molecule has 0 aromatic heterocycles. The Kier molecular flexibility index (Phi) is 4.83. The van der Waals surface area contributed by atoms with Gasteiger partial charge >= 0.3 is 0 Å². The van der Waals surface area contributed by atoms with E-state index >= 15 is 0 Å². The molecule has 0 spiro atoms. The van der Waals surface area contributed by atoms with Crippen LogP contribution in [0.5, 0.6) is 0 Å². The van der Waals surface area contributed by atoms with E-state index in [1.807, 2.05) is 13.8 Å². The van der Waals surface area contributed by atoms with E-state index in [0.29, 0.717) is 0 Å². The third-order valence-electron chi connectivity index (χ3n) is 2.81. The van der Waals surface area contributed by atoms with E-state index < -0.39 is 0 Å². The zero-order valence-corrected chi connectivity index (χ0v) is 11.9. The fraction of sp³-hybridized carbons (Fsp3) is 0.250. The van der Waals surface area contributed by atoms with E-state index in [1.165, 1.54) is 22.3 Å². The van der Waals surface area contributed by atoms with E-state index in [4.69, 9.17) is 0 Å². The lowest BCUT2D eigenvalue weighted by Gasteiger charge is -2.11. The molecule has 0 aliphatic rings. The maximum atomic E-state index is 4.32. The van der Waals surface area contributed by atoms with Crippen LogP contribution in [-0.4, -0.2) is 0 Å². The molecule has 0 aliphatic heterocycles. The number of benzene rings is 1. The first kappa shape index (κ1) is 13.9. The van der Waals surface area contributed by atoms with Crippen LogP contribution in [0.2, 0.25) is 0 Å². The van der Waals surface area contributed by atoms with Gasteiger partial charge in [-0.1, -0.05) is 42.5 Å². The minimum Gasteiger partial charge on any atom is -0.148 e. The van der Waals surface area contributed by atoms with Crippen LogP contribution in [0.15, 0.2) is 47.4 Å². The van der Waals surface area contributed by atoms with Gasteiger partial charge in [-0.3, -0.25) is 0 Å². The maximum absolute atomic E-state index is 4.32. The lowest BCUT2D eigenvalue weighted by molar-refractivity contribution is 1.42. The van der Waals surface area contributed by atoms with Crippen molar-refractivity contribution < 1.29 is 0 Å². The molecule has 0 atom stereocenters. The summed E-state index contributed by atoms with van der Waals surface area (Å²) in [5.41, 5.74) is 6.08. The third-order valence-corrected chi connectivity index (χ3v) is 2.94. The standard InChI is InChI=1S/C16H20S/c1-11(2)15-8-6-7-9-16(15)14(5)12(3)10-13(4)17/h6-10,17H,1H2,2-5H3/b13-10+,14-12+. The average molecular weight is 244 g/mol. The molecule has 17 heavy (non-hydrogen) atoms. The molecule has 0 unspecified atom stereocenters. The van der Waals surface area contributed by atoms with Gasteiger partial charge in [0.2, 0.25) is 0 Å². The van der Waals surface area contributed by atoms with Gasteiger partial charge in [-0.05, 0) is 54.9 Å². The minimum absolute atomic E-state index is 1.02. The molecular formula is C16H20S. The topological polar surface area (TPSA) is 0 Å². The summed E-state index contributed by atoms with van der Waals surface area (Å²) in [7, 11) is 0. The molecule has 0 saturated carbocycles. The largest absolute Gasteiger partial charge is 0.148 e. The molecule has 0 aliphatic carbocycles. The van der Waals surface area contributed by atoms with Crippen LogP contribution in [0.4, 0.5) is 0 Å². The lowest BCUT2D eigenvalue weighted by Crippen LogP contribution is -1.90. The van der Waals surface area contributed by atoms with Crippen molar-refractivity contribution in [2.24, 2.45) is 0 Å². The van der Waals surface area contributed by atoms with E-state index in [-0.39, 0.29) is 0 Å². The van der Waals surface area contributed by atoms with Crippen molar-refractivity contribution in [2.45, 2.75) is 27.7 Å². The fourth-order valence-electron chi connectivity index (χ4n) is 1.82. The number of hydrogen-bond donors (Lipinski definition) is 1. The van der Waals surface area contributed by atoms with Crippen LogP contribution in [0.3, 0.4) is 0 Å². The Morgan fingerprint density at radius 2 is 1.59 bits per heavy atom. The SMILES string of the molecule is C=C(C)c1ccccc1/C(C)=C(C)/C=C(\C)S. The number of rotatable bonds is 3. The van der Waals surface area contributed by atoms with Gasteiger partial charge in [0.05, 0.1) is 0 Å². The molecule has 0 fully saturated rings. The smallest absolute Gasteiger partial charge is 0.0150 e. The molecule has 1 rings (SSSR count). The van der Waals surface area contributed by atoms with Gasteiger partial charge in [-0.2, -0.15) is 0 Å². The summed E-state index contributed by atoms with van der Waals surface area (Å²) in [6.45, 7) is 12.3. The first-order chi connectivity index (χ1) is 7.93. The summed E-state index contributed by atoms with van der Waals surface area (Å²) in [6, 6.07) is 8.38. The van der Waals surface area contributed by atoms with Crippen LogP contribution in [0.25, 0.3) is 11.1 Å². The van der Waals surface area contributed by atoms with Gasteiger partial charge in [0, 0.05) is 0 Å². The molecule has 0 N–H and O–H groups in total. The predicted octanol–water partition coefficient (Wildman–Crippen LogP) is 5.35. The van der Waals surface area contributed by atoms with Crippen molar-refractivity contribution in [3.63, 3.8) is 0 Å². The summed E-state index contributed by atoms with van der Waals surface area (Å²) in [4.78, 5) is 1.02. The van der Waals surface area contributed by atoms with Gasteiger partial charge < -0.3 is 0 Å². The van der Waals surface area contributed by atoms with E-state index in [0.717, 1.165) is 10.5 Å². The quantitative estimate of drug-likeness (QED) is 0.538. The summed E-state index contributed by atoms with van der Waals surface area (Å²) in [5.74, 6) is 0. The van der Waals surface area contributed by atoms with Crippen molar-refractivity contribution in [2.75, 3.05) is 0 Å². The Hall–Kier alpha value is -1.21. The lowest BCUT2D eigenvalue weighted by atomic mass is 9.94. The Balaban J connectivity index is 3.34. The van der Waals surface area contributed by atoms with Crippen LogP contribution < -0.4 is 0 Å². The fourth-order valence-corrected chi connectivity index (χ4v) is 2.01. The molecule has 0 nitrogen and oxygen atoms in total. The minimum atomic E-state index is 1.02. The molecule has 1 aromatic rings. The molecule has 0 heterocycles. The van der Waals surface area contributed by atoms with Crippen molar-refractivity contribution >= 4 is 23.8 Å². The van der Waals surface area contributed by atoms with Gasteiger partial charge in [-0.25, -0.2) is 0 Å². The number of thiol groups is 1. The second kappa shape index (κ2) is 5.92. The van der Waals surface area contributed by atoms with Gasteiger partial charge in [-0.15, -0.1) is 12.6 Å². The van der Waals surface area contributed by atoms with Gasteiger partial charge in [0.15, 0.2) is 0 Å². The highest BCUT2D eigenvalue weighted by atomic mass is 32.1. The van der Waals surface area contributed by atoms with Crippen LogP contribution in [0, 0.1) is 0 Å². The Labute approximate surface area is 110 Å². The van der Waals surface area contributed by atoms with Crippen LogP contribution in [-0.2, 0) is 0 Å². The molecule has 90 valence electrons. The number of hydrogen-bond acceptors (Lipinski definition) is 1. The van der Waals surface area contributed by atoms with Crippen LogP contribution >= 0.6 is 12.6 Å². The highest BCUT2D eigenvalue weighted by molar-refractivity contribution is 7.84. The Morgan fingerprint density at radius 1 is 1.06 bits per heavy atom. The number of allylic oxidation sites excluding steroid dienone is 5. The zero-order chi connectivity index (χ0) is 13.0. The summed E-state index contributed by atoms with van der Waals surface area (Å²) in [5, 5.41) is 0. The molecule has 1 aromatic carbocycles. The van der Waals surface area contributed by atoms with E-state index in [2.05, 4.69) is 63.4 Å². The maximum Gasteiger partial charge on any atom is -0.0150 e. The Bertz CT molecular complexity index is 486. The highest BCUT2D eigenvalue weighted by Crippen LogP contribution is 2.27. The Morgan fingerprint density at radius 3 is 2.06 bits per heavy atom. The summed E-state index contributed by atoms with van der Waals surface area (Å²) in [6.07, 6.45) is 2.09. The van der Waals surface area contributed by atoms with Crippen molar-refractivity contribution in [1.82, 2.24) is 0 Å². The molecular weight excluding hydrogens is 224 g/mol. The van der Waals surface area contributed by atoms with E-state index in [9.17, 15) is 0 Å². The van der Waals surface area contributed by atoms with Gasteiger partial charge in [0.25, 0.3) is 0 Å². The average Bonchev–Trinajstić information content (AvgIpc) is 2.27. The summed E-state index contributed by atoms with van der Waals surface area (Å²) >= 11 is 4.32. The van der Waals surface area contributed by atoms with Gasteiger partial charge in [0.1, 0.15) is 0 Å². The van der Waals surface area contributed by atoms with Crippen molar-refractivity contribution in [3.05, 3.63) is 58.5 Å². The molecule has 0 bridgehead atoms. The molecule has 0 amide bonds. The summed E-state index contributed by atoms with van der Waals surface area (Å²) < 4.78 is 0. The molecule has 0 saturated heterocycles. The zero-order valence-electron chi connectivity index (χ0n) is 11.0. The second-order valence-electron chi connectivity index (χ2n) is 4.42. The third kappa shape index (κ3) is 3.64. The first-order valence-electron chi connectivity index (χ1n) is 5.73. The predicted molar refractivity (Wildman–Crippen MR) is 82.2 cm³/mol. The van der Waals surface area contributed by atoms with Crippen LogP contribution in [0.1, 0.15) is 38.8 Å². The first-order valence-corrected chi connectivity index (χ1v) is 6.18. The molecule has 0 radical (unpaired) electrons. The highest BCUT2D eigenvalue weighted by Gasteiger charge is 2.05. The van der Waals surface area contributed by atoms with E-state index in [1.54, 1.807) is 0 Å². The van der Waals surface area contributed by atoms with Crippen molar-refractivity contribution in [3.8, 4) is 0 Å². The normalized spacial score (nSPS) is 13.4.